The van der Waals surface area contributed by atoms with Crippen LogP contribution in [0.4, 0.5) is 0 Å². The molecule has 0 fully saturated rings. The Balaban J connectivity index is 1.35. The molecule has 0 atom stereocenters. The van der Waals surface area contributed by atoms with Crippen molar-refractivity contribution < 1.29 is 8.83 Å². The van der Waals surface area contributed by atoms with Gasteiger partial charge in [0.25, 0.3) is 0 Å². The average Bonchev–Trinajstić information content (AvgIpc) is 3.72. The molecule has 0 N–H and O–H groups in total. The molecule has 0 saturated carbocycles. The van der Waals surface area contributed by atoms with Gasteiger partial charge in [-0.3, -0.25) is 0 Å². The van der Waals surface area contributed by atoms with Gasteiger partial charge in [0.15, 0.2) is 0 Å². The first-order valence-electron chi connectivity index (χ1n) is 16.4. The maximum atomic E-state index is 6.80. The Bertz CT molecular complexity index is 3060. The van der Waals surface area contributed by atoms with Gasteiger partial charge in [0.2, 0.25) is 0 Å². The zero-order chi connectivity index (χ0) is 31.3. The Hall–Kier alpha value is -6.38. The molecule has 48 heavy (non-hydrogen) atoms. The van der Waals surface area contributed by atoms with Crippen LogP contribution in [-0.2, 0) is 0 Å². The molecule has 2 nitrogen and oxygen atoms in total. The lowest BCUT2D eigenvalue weighted by Gasteiger charge is -2.19. The SMILES string of the molecule is c1ccc2c(c1)ccc1cccc(-c3c4ccccc4c(-c4cc5c6ccccc6oc5c5c4oc4ccccc45)c4ccccc34)c12. The summed E-state index contributed by atoms with van der Waals surface area (Å²) < 4.78 is 13.4. The van der Waals surface area contributed by atoms with Crippen LogP contribution in [0.2, 0.25) is 0 Å². The minimum absolute atomic E-state index is 0.849. The molecule has 0 unspecified atom stereocenters. The third-order valence-electron chi connectivity index (χ3n) is 10.2. The summed E-state index contributed by atoms with van der Waals surface area (Å²) in [6, 6.07) is 56.6. The van der Waals surface area contributed by atoms with Gasteiger partial charge < -0.3 is 8.83 Å². The smallest absolute Gasteiger partial charge is 0.147 e. The molecule has 0 aliphatic carbocycles. The predicted molar refractivity (Wildman–Crippen MR) is 202 cm³/mol. The maximum absolute atomic E-state index is 6.80. The quantitative estimate of drug-likeness (QED) is 0.144. The molecule has 2 aromatic heterocycles. The number of hydrogen-bond donors (Lipinski definition) is 0. The molecular formula is C46H26O2. The van der Waals surface area contributed by atoms with E-state index in [2.05, 4.69) is 146 Å². The number of hydrogen-bond acceptors (Lipinski definition) is 2. The van der Waals surface area contributed by atoms with Gasteiger partial charge in [-0.15, -0.1) is 0 Å². The first-order chi connectivity index (χ1) is 23.8. The molecule has 222 valence electrons. The molecule has 2 heterocycles. The number of fused-ring (bicyclic) bond motifs is 12. The van der Waals surface area contributed by atoms with Crippen molar-refractivity contribution in [3.8, 4) is 22.3 Å². The Morgan fingerprint density at radius 2 is 0.792 bits per heavy atom. The lowest BCUT2D eigenvalue weighted by Crippen LogP contribution is -1.92. The molecule has 0 aliphatic rings. The van der Waals surface area contributed by atoms with Crippen LogP contribution in [0.15, 0.2) is 167 Å². The van der Waals surface area contributed by atoms with Gasteiger partial charge in [0.1, 0.15) is 22.3 Å². The molecule has 0 radical (unpaired) electrons. The molecule has 0 amide bonds. The summed E-state index contributed by atoms with van der Waals surface area (Å²) in [6.45, 7) is 0. The zero-order valence-corrected chi connectivity index (χ0v) is 25.8. The van der Waals surface area contributed by atoms with Crippen LogP contribution in [0.1, 0.15) is 0 Å². The zero-order valence-electron chi connectivity index (χ0n) is 25.8. The molecule has 9 aromatic carbocycles. The highest BCUT2D eigenvalue weighted by Gasteiger charge is 2.24. The summed E-state index contributed by atoms with van der Waals surface area (Å²) in [5, 5.41) is 14.1. The van der Waals surface area contributed by atoms with Crippen LogP contribution in [0, 0.1) is 0 Å². The third kappa shape index (κ3) is 3.41. The monoisotopic (exact) mass is 610 g/mol. The lowest BCUT2D eigenvalue weighted by atomic mass is 9.83. The second kappa shape index (κ2) is 9.57. The van der Waals surface area contributed by atoms with E-state index in [4.69, 9.17) is 8.83 Å². The van der Waals surface area contributed by atoms with E-state index >= 15 is 0 Å². The normalized spacial score (nSPS) is 12.2. The molecule has 0 aliphatic heterocycles. The fourth-order valence-electron chi connectivity index (χ4n) is 8.23. The molecule has 0 saturated heterocycles. The summed E-state index contributed by atoms with van der Waals surface area (Å²) in [5.74, 6) is 0. The number of para-hydroxylation sites is 2. The number of furan rings is 2. The van der Waals surface area contributed by atoms with Crippen molar-refractivity contribution in [2.75, 3.05) is 0 Å². The van der Waals surface area contributed by atoms with E-state index in [0.717, 1.165) is 49.4 Å². The highest BCUT2D eigenvalue weighted by Crippen LogP contribution is 2.50. The van der Waals surface area contributed by atoms with Crippen molar-refractivity contribution in [1.29, 1.82) is 0 Å². The molecule has 0 spiro atoms. The summed E-state index contributed by atoms with van der Waals surface area (Å²) in [5.41, 5.74) is 8.19. The second-order valence-electron chi connectivity index (χ2n) is 12.7. The van der Waals surface area contributed by atoms with E-state index in [-0.39, 0.29) is 0 Å². The van der Waals surface area contributed by atoms with E-state index < -0.39 is 0 Å². The highest BCUT2D eigenvalue weighted by molar-refractivity contribution is 6.31. The van der Waals surface area contributed by atoms with E-state index in [9.17, 15) is 0 Å². The van der Waals surface area contributed by atoms with E-state index in [1.165, 1.54) is 59.8 Å². The fraction of sp³-hybridized carbons (Fsp3) is 0. The van der Waals surface area contributed by atoms with Crippen LogP contribution in [-0.4, -0.2) is 0 Å². The Labute approximate surface area is 275 Å². The Morgan fingerprint density at radius 3 is 1.50 bits per heavy atom. The summed E-state index contributed by atoms with van der Waals surface area (Å²) in [4.78, 5) is 0. The molecular weight excluding hydrogens is 585 g/mol. The number of benzene rings is 9. The predicted octanol–water partition coefficient (Wildman–Crippen LogP) is 13.4. The summed E-state index contributed by atoms with van der Waals surface area (Å²) in [6.07, 6.45) is 0. The van der Waals surface area contributed by atoms with Gasteiger partial charge in [-0.1, -0.05) is 140 Å². The Morgan fingerprint density at radius 1 is 0.292 bits per heavy atom. The van der Waals surface area contributed by atoms with Gasteiger partial charge in [0.05, 0.1) is 5.39 Å². The summed E-state index contributed by atoms with van der Waals surface area (Å²) >= 11 is 0. The molecule has 11 aromatic rings. The van der Waals surface area contributed by atoms with E-state index in [1.807, 2.05) is 12.1 Å². The lowest BCUT2D eigenvalue weighted by molar-refractivity contribution is 0.663. The van der Waals surface area contributed by atoms with Crippen molar-refractivity contribution in [3.63, 3.8) is 0 Å². The van der Waals surface area contributed by atoms with Crippen LogP contribution in [0.3, 0.4) is 0 Å². The largest absolute Gasteiger partial charge is 0.455 e. The van der Waals surface area contributed by atoms with Crippen molar-refractivity contribution in [1.82, 2.24) is 0 Å². The standard InChI is InChI=1S/C46H26O2/c1-2-14-29-27(12-1)24-25-28-13-11-21-36(41(28)29)42-31-16-3-5-18-33(31)43(34-19-6-4-17-32(34)42)38-26-37-30-15-7-9-22-39(30)47-45(37)44-35-20-8-10-23-40(35)48-46(38)44/h1-26H. The number of rotatable bonds is 2. The highest BCUT2D eigenvalue weighted by atomic mass is 16.3. The van der Waals surface area contributed by atoms with Gasteiger partial charge in [-0.05, 0) is 72.4 Å². The average molecular weight is 611 g/mol. The van der Waals surface area contributed by atoms with Crippen molar-refractivity contribution in [2.45, 2.75) is 0 Å². The van der Waals surface area contributed by atoms with Crippen LogP contribution < -0.4 is 0 Å². The van der Waals surface area contributed by atoms with Gasteiger partial charge >= 0.3 is 0 Å². The molecule has 0 bridgehead atoms. The Kier molecular flexibility index (Phi) is 5.14. The minimum Gasteiger partial charge on any atom is -0.455 e. The van der Waals surface area contributed by atoms with E-state index in [0.29, 0.717) is 0 Å². The van der Waals surface area contributed by atoms with Crippen LogP contribution in [0.25, 0.3) is 109 Å². The fourth-order valence-corrected chi connectivity index (χ4v) is 8.23. The van der Waals surface area contributed by atoms with Crippen LogP contribution in [0.5, 0.6) is 0 Å². The van der Waals surface area contributed by atoms with Gasteiger partial charge in [0, 0.05) is 27.3 Å². The first kappa shape index (κ1) is 25.8. The third-order valence-corrected chi connectivity index (χ3v) is 10.2. The van der Waals surface area contributed by atoms with E-state index in [1.54, 1.807) is 0 Å². The molecule has 2 heteroatoms. The van der Waals surface area contributed by atoms with Crippen molar-refractivity contribution in [3.05, 3.63) is 158 Å². The topological polar surface area (TPSA) is 26.3 Å². The molecule has 11 rings (SSSR count). The van der Waals surface area contributed by atoms with Crippen LogP contribution >= 0.6 is 0 Å². The van der Waals surface area contributed by atoms with Crippen molar-refractivity contribution in [2.24, 2.45) is 0 Å². The van der Waals surface area contributed by atoms with Gasteiger partial charge in [-0.2, -0.15) is 0 Å². The minimum atomic E-state index is 0.849. The van der Waals surface area contributed by atoms with Gasteiger partial charge in [-0.25, -0.2) is 0 Å². The summed E-state index contributed by atoms with van der Waals surface area (Å²) in [7, 11) is 0. The second-order valence-corrected chi connectivity index (χ2v) is 12.7. The van der Waals surface area contributed by atoms with Crippen molar-refractivity contribution >= 4 is 87.0 Å². The first-order valence-corrected chi connectivity index (χ1v) is 16.4. The maximum Gasteiger partial charge on any atom is 0.147 e.